The molecule has 2 aromatic carbocycles. The van der Waals surface area contributed by atoms with Crippen molar-refractivity contribution in [2.24, 2.45) is 0 Å². The normalized spacial score (nSPS) is 13.8. The largest absolute Gasteiger partial charge is 0.465 e. The van der Waals surface area contributed by atoms with E-state index in [-0.39, 0.29) is 12.6 Å². The molecular formula is C25H32O3. The molecule has 1 aliphatic carbocycles. The van der Waals surface area contributed by atoms with Gasteiger partial charge in [-0.2, -0.15) is 0 Å². The van der Waals surface area contributed by atoms with Crippen molar-refractivity contribution >= 4 is 5.97 Å². The molecule has 0 N–H and O–H groups in total. The number of methoxy groups -OCH3 is 1. The molecule has 1 aliphatic rings. The van der Waals surface area contributed by atoms with Gasteiger partial charge in [-0.3, -0.25) is 4.79 Å². The van der Waals surface area contributed by atoms with Crippen molar-refractivity contribution in [1.29, 1.82) is 0 Å². The number of carbonyl (C=O) groups excluding carboxylic acids is 1. The minimum Gasteiger partial charge on any atom is -0.465 e. The Morgan fingerprint density at radius 2 is 1.36 bits per heavy atom. The highest BCUT2D eigenvalue weighted by Gasteiger charge is 2.50. The van der Waals surface area contributed by atoms with Crippen LogP contribution in [0.15, 0.2) is 48.5 Å². The topological polar surface area (TPSA) is 35.5 Å². The van der Waals surface area contributed by atoms with E-state index in [0.29, 0.717) is 6.61 Å². The van der Waals surface area contributed by atoms with Crippen LogP contribution in [0.2, 0.25) is 0 Å². The lowest BCUT2D eigenvalue weighted by Gasteiger charge is -2.29. The van der Waals surface area contributed by atoms with E-state index in [9.17, 15) is 4.79 Å². The average molecular weight is 381 g/mol. The number of unbranched alkanes of at least 4 members (excludes halogenated alkanes) is 6. The predicted molar refractivity (Wildman–Crippen MR) is 113 cm³/mol. The van der Waals surface area contributed by atoms with Crippen molar-refractivity contribution in [3.63, 3.8) is 0 Å². The van der Waals surface area contributed by atoms with E-state index in [2.05, 4.69) is 19.1 Å². The molecule has 3 heteroatoms. The van der Waals surface area contributed by atoms with E-state index in [0.717, 1.165) is 35.1 Å². The Balaban J connectivity index is 1.71. The van der Waals surface area contributed by atoms with Gasteiger partial charge in [0, 0.05) is 7.11 Å². The van der Waals surface area contributed by atoms with Crippen LogP contribution in [0, 0.1) is 0 Å². The van der Waals surface area contributed by atoms with Crippen LogP contribution in [-0.4, -0.2) is 26.3 Å². The average Bonchev–Trinajstić information content (AvgIpc) is 3.01. The number of ether oxygens (including phenoxy) is 2. The second-order valence-electron chi connectivity index (χ2n) is 7.69. The second-order valence-corrected chi connectivity index (χ2v) is 7.69. The van der Waals surface area contributed by atoms with E-state index < -0.39 is 5.41 Å². The lowest BCUT2D eigenvalue weighted by atomic mass is 9.79. The van der Waals surface area contributed by atoms with Gasteiger partial charge in [-0.05, 0) is 28.7 Å². The molecule has 0 amide bonds. The van der Waals surface area contributed by atoms with Crippen LogP contribution < -0.4 is 0 Å². The molecule has 0 radical (unpaired) electrons. The summed E-state index contributed by atoms with van der Waals surface area (Å²) in [7, 11) is 1.65. The van der Waals surface area contributed by atoms with Crippen LogP contribution in [0.25, 0.3) is 11.1 Å². The number of hydrogen-bond acceptors (Lipinski definition) is 3. The van der Waals surface area contributed by atoms with Gasteiger partial charge in [-0.25, -0.2) is 0 Å². The summed E-state index contributed by atoms with van der Waals surface area (Å²) in [5.74, 6) is -0.197. The summed E-state index contributed by atoms with van der Waals surface area (Å²) >= 11 is 0. The van der Waals surface area contributed by atoms with Crippen molar-refractivity contribution < 1.29 is 14.3 Å². The van der Waals surface area contributed by atoms with Gasteiger partial charge >= 0.3 is 5.97 Å². The first-order valence-electron chi connectivity index (χ1n) is 10.6. The summed E-state index contributed by atoms with van der Waals surface area (Å²) < 4.78 is 11.3. The van der Waals surface area contributed by atoms with Crippen LogP contribution in [-0.2, 0) is 19.7 Å². The molecule has 0 saturated heterocycles. The molecule has 0 unspecified atom stereocenters. The fourth-order valence-corrected chi connectivity index (χ4v) is 4.32. The fraction of sp³-hybridized carbons (Fsp3) is 0.480. The highest BCUT2D eigenvalue weighted by molar-refractivity contribution is 5.98. The van der Waals surface area contributed by atoms with Gasteiger partial charge in [0.25, 0.3) is 0 Å². The quantitative estimate of drug-likeness (QED) is 0.360. The molecule has 3 nitrogen and oxygen atoms in total. The number of carbonyl (C=O) groups is 1. The number of fused-ring (bicyclic) bond motifs is 3. The third-order valence-electron chi connectivity index (χ3n) is 5.75. The molecule has 0 aliphatic heterocycles. The molecule has 0 heterocycles. The molecule has 0 fully saturated rings. The number of esters is 1. The Bertz CT molecular complexity index is 735. The Labute approximate surface area is 169 Å². The molecule has 3 rings (SSSR count). The summed E-state index contributed by atoms with van der Waals surface area (Å²) in [6.45, 7) is 2.99. The molecule has 0 bridgehead atoms. The first-order chi connectivity index (χ1) is 13.8. The van der Waals surface area contributed by atoms with Crippen LogP contribution >= 0.6 is 0 Å². The Kier molecular flexibility index (Phi) is 7.27. The van der Waals surface area contributed by atoms with E-state index in [1.54, 1.807) is 7.11 Å². The molecule has 0 aromatic heterocycles. The lowest BCUT2D eigenvalue weighted by Crippen LogP contribution is -2.41. The number of benzene rings is 2. The van der Waals surface area contributed by atoms with Gasteiger partial charge < -0.3 is 9.47 Å². The minimum absolute atomic E-state index is 0.197. The SMILES string of the molecule is CCCCCCCCCOC(=O)C1(COC)c2ccccc2-c2ccccc21. The maximum atomic E-state index is 13.4. The number of hydrogen-bond donors (Lipinski definition) is 0. The van der Waals surface area contributed by atoms with Crippen molar-refractivity contribution in [3.8, 4) is 11.1 Å². The molecular weight excluding hydrogens is 348 g/mol. The first-order valence-corrected chi connectivity index (χ1v) is 10.6. The summed E-state index contributed by atoms with van der Waals surface area (Å²) in [5.41, 5.74) is 3.31. The fourth-order valence-electron chi connectivity index (χ4n) is 4.32. The highest BCUT2D eigenvalue weighted by atomic mass is 16.5. The van der Waals surface area contributed by atoms with Crippen LogP contribution in [0.3, 0.4) is 0 Å². The van der Waals surface area contributed by atoms with Crippen molar-refractivity contribution in [2.45, 2.75) is 57.3 Å². The molecule has 0 spiro atoms. The minimum atomic E-state index is -0.872. The van der Waals surface area contributed by atoms with Crippen LogP contribution in [0.1, 0.15) is 63.0 Å². The maximum Gasteiger partial charge on any atom is 0.323 e. The van der Waals surface area contributed by atoms with Gasteiger partial charge in [0.2, 0.25) is 0 Å². The summed E-state index contributed by atoms with van der Waals surface area (Å²) in [6.07, 6.45) is 8.41. The first kappa shape index (κ1) is 20.6. The van der Waals surface area contributed by atoms with Gasteiger partial charge in [0.05, 0.1) is 13.2 Å². The summed E-state index contributed by atoms with van der Waals surface area (Å²) in [6, 6.07) is 16.2. The Morgan fingerprint density at radius 1 is 0.821 bits per heavy atom. The summed E-state index contributed by atoms with van der Waals surface area (Å²) in [5, 5.41) is 0. The third kappa shape index (κ3) is 4.00. The highest BCUT2D eigenvalue weighted by Crippen LogP contribution is 2.49. The van der Waals surface area contributed by atoms with Crippen LogP contribution in [0.5, 0.6) is 0 Å². The van der Waals surface area contributed by atoms with Gasteiger partial charge in [0.15, 0.2) is 0 Å². The predicted octanol–water partition coefficient (Wildman–Crippen LogP) is 5.89. The van der Waals surface area contributed by atoms with Crippen molar-refractivity contribution in [1.82, 2.24) is 0 Å². The van der Waals surface area contributed by atoms with Gasteiger partial charge in [0.1, 0.15) is 5.41 Å². The molecule has 2 aromatic rings. The zero-order valence-electron chi connectivity index (χ0n) is 17.2. The third-order valence-corrected chi connectivity index (χ3v) is 5.75. The maximum absolute atomic E-state index is 13.4. The molecule has 28 heavy (non-hydrogen) atoms. The number of rotatable bonds is 11. The molecule has 150 valence electrons. The lowest BCUT2D eigenvalue weighted by molar-refractivity contribution is -0.151. The zero-order chi connectivity index (χ0) is 19.8. The standard InChI is InChI=1S/C25H32O3/c1-3-4-5-6-7-8-13-18-28-24(26)25(19-27-2)22-16-11-9-14-20(22)21-15-10-12-17-23(21)25/h9-12,14-17H,3-8,13,18-19H2,1-2H3. The van der Waals surface area contributed by atoms with E-state index in [1.807, 2.05) is 36.4 Å². The second kappa shape index (κ2) is 9.88. The van der Waals surface area contributed by atoms with Gasteiger partial charge in [-0.1, -0.05) is 94.0 Å². The van der Waals surface area contributed by atoms with Crippen LogP contribution in [0.4, 0.5) is 0 Å². The van der Waals surface area contributed by atoms with E-state index in [4.69, 9.17) is 9.47 Å². The smallest absolute Gasteiger partial charge is 0.323 e. The molecule has 0 saturated carbocycles. The molecule has 0 atom stereocenters. The summed E-state index contributed by atoms with van der Waals surface area (Å²) in [4.78, 5) is 13.4. The van der Waals surface area contributed by atoms with E-state index in [1.165, 1.54) is 32.1 Å². The van der Waals surface area contributed by atoms with Crippen molar-refractivity contribution in [2.75, 3.05) is 20.3 Å². The Morgan fingerprint density at radius 3 is 1.93 bits per heavy atom. The monoisotopic (exact) mass is 380 g/mol. The Hall–Kier alpha value is -2.13. The zero-order valence-corrected chi connectivity index (χ0v) is 17.2. The van der Waals surface area contributed by atoms with Crippen molar-refractivity contribution in [3.05, 3.63) is 59.7 Å². The van der Waals surface area contributed by atoms with Gasteiger partial charge in [-0.15, -0.1) is 0 Å². The van der Waals surface area contributed by atoms with E-state index >= 15 is 0 Å².